The molecule has 1 aromatic rings. The SMILES string of the molecule is CCC(C)N(C)CCNc1sc(C#N)c(N)c1OC. The smallest absolute Gasteiger partial charge is 0.177 e. The molecule has 1 unspecified atom stereocenters. The molecule has 1 atom stereocenters. The standard InChI is InChI=1S/C13H22N4OS/c1-5-9(2)17(3)7-6-16-13-12(18-4)11(15)10(8-14)19-13/h9,16H,5-7,15H2,1-4H3. The second-order valence-electron chi connectivity index (χ2n) is 4.48. The molecule has 0 aliphatic heterocycles. The molecule has 0 fully saturated rings. The van der Waals surface area contributed by atoms with Gasteiger partial charge in [-0.2, -0.15) is 5.26 Å². The van der Waals surface area contributed by atoms with E-state index in [-0.39, 0.29) is 0 Å². The third-order valence-electron chi connectivity index (χ3n) is 3.30. The molecule has 106 valence electrons. The van der Waals surface area contributed by atoms with Crippen LogP contribution < -0.4 is 15.8 Å². The van der Waals surface area contributed by atoms with E-state index in [0.29, 0.717) is 22.4 Å². The summed E-state index contributed by atoms with van der Waals surface area (Å²) in [5, 5.41) is 13.1. The summed E-state index contributed by atoms with van der Waals surface area (Å²) in [6, 6.07) is 2.64. The Morgan fingerprint density at radius 2 is 2.26 bits per heavy atom. The third-order valence-corrected chi connectivity index (χ3v) is 4.35. The molecular weight excluding hydrogens is 260 g/mol. The molecule has 19 heavy (non-hydrogen) atoms. The molecule has 1 aromatic heterocycles. The van der Waals surface area contributed by atoms with E-state index in [9.17, 15) is 0 Å². The zero-order chi connectivity index (χ0) is 14.4. The number of hydrogen-bond donors (Lipinski definition) is 2. The number of nitriles is 1. The Balaban J connectivity index is 2.61. The summed E-state index contributed by atoms with van der Waals surface area (Å²) in [5.74, 6) is 0.577. The van der Waals surface area contributed by atoms with E-state index in [0.717, 1.165) is 24.5 Å². The van der Waals surface area contributed by atoms with Gasteiger partial charge < -0.3 is 20.7 Å². The highest BCUT2D eigenvalue weighted by Crippen LogP contribution is 2.41. The average molecular weight is 282 g/mol. The first-order chi connectivity index (χ1) is 9.04. The number of nitrogens with zero attached hydrogens (tertiary/aromatic N) is 2. The Bertz CT molecular complexity index is 452. The number of rotatable bonds is 7. The molecule has 0 aliphatic carbocycles. The van der Waals surface area contributed by atoms with Gasteiger partial charge in [0.05, 0.1) is 7.11 Å². The van der Waals surface area contributed by atoms with Gasteiger partial charge in [-0.05, 0) is 20.4 Å². The summed E-state index contributed by atoms with van der Waals surface area (Å²) in [7, 11) is 3.67. The quantitative estimate of drug-likeness (QED) is 0.803. The molecule has 0 saturated carbocycles. The van der Waals surface area contributed by atoms with Crippen molar-refractivity contribution >= 4 is 22.0 Å². The zero-order valence-electron chi connectivity index (χ0n) is 12.0. The number of thiophene rings is 1. The van der Waals surface area contributed by atoms with Gasteiger partial charge in [-0.3, -0.25) is 0 Å². The molecule has 1 rings (SSSR count). The Kier molecular flexibility index (Phi) is 5.93. The van der Waals surface area contributed by atoms with E-state index >= 15 is 0 Å². The van der Waals surface area contributed by atoms with Crippen molar-refractivity contribution in [1.29, 1.82) is 5.26 Å². The Labute approximate surface area is 119 Å². The van der Waals surface area contributed by atoms with Crippen LogP contribution in [0.15, 0.2) is 0 Å². The van der Waals surface area contributed by atoms with Crippen LogP contribution >= 0.6 is 11.3 Å². The van der Waals surface area contributed by atoms with E-state index < -0.39 is 0 Å². The fourth-order valence-corrected chi connectivity index (χ4v) is 2.62. The first-order valence-corrected chi connectivity index (χ1v) is 7.17. The molecule has 0 aliphatic rings. The van der Waals surface area contributed by atoms with Crippen LogP contribution in [-0.2, 0) is 0 Å². The van der Waals surface area contributed by atoms with Crippen LogP contribution in [0.3, 0.4) is 0 Å². The van der Waals surface area contributed by atoms with Crippen molar-refractivity contribution in [2.24, 2.45) is 0 Å². The number of hydrogen-bond acceptors (Lipinski definition) is 6. The van der Waals surface area contributed by atoms with E-state index in [1.807, 2.05) is 0 Å². The lowest BCUT2D eigenvalue weighted by atomic mass is 10.2. The molecule has 0 radical (unpaired) electrons. The zero-order valence-corrected chi connectivity index (χ0v) is 12.8. The summed E-state index contributed by atoms with van der Waals surface area (Å²) in [5.41, 5.74) is 6.26. The molecule has 0 bridgehead atoms. The van der Waals surface area contributed by atoms with E-state index in [1.165, 1.54) is 11.3 Å². The van der Waals surface area contributed by atoms with Gasteiger partial charge in [0.1, 0.15) is 21.6 Å². The highest BCUT2D eigenvalue weighted by molar-refractivity contribution is 7.17. The highest BCUT2D eigenvalue weighted by atomic mass is 32.1. The van der Waals surface area contributed by atoms with Gasteiger partial charge in [-0.15, -0.1) is 11.3 Å². The summed E-state index contributed by atoms with van der Waals surface area (Å²) < 4.78 is 5.24. The number of nitrogens with one attached hydrogen (secondary N) is 1. The maximum atomic E-state index is 8.96. The number of nitrogen functional groups attached to an aromatic ring is 1. The summed E-state index contributed by atoms with van der Waals surface area (Å²) in [4.78, 5) is 2.79. The lowest BCUT2D eigenvalue weighted by molar-refractivity contribution is 0.261. The molecule has 3 N–H and O–H groups in total. The largest absolute Gasteiger partial charge is 0.492 e. The molecule has 0 saturated heterocycles. The average Bonchev–Trinajstić information content (AvgIpc) is 2.73. The summed E-state index contributed by atoms with van der Waals surface area (Å²) in [6.07, 6.45) is 1.13. The van der Waals surface area contributed by atoms with Crippen LogP contribution in [0.2, 0.25) is 0 Å². The number of likely N-dealkylation sites (N-methyl/N-ethyl adjacent to an activating group) is 1. The van der Waals surface area contributed by atoms with Gasteiger partial charge in [-0.25, -0.2) is 0 Å². The second kappa shape index (κ2) is 7.22. The van der Waals surface area contributed by atoms with Crippen molar-refractivity contribution in [2.75, 3.05) is 38.3 Å². The van der Waals surface area contributed by atoms with E-state index in [4.69, 9.17) is 15.7 Å². The van der Waals surface area contributed by atoms with Crippen molar-refractivity contribution < 1.29 is 4.74 Å². The maximum absolute atomic E-state index is 8.96. The summed E-state index contributed by atoms with van der Waals surface area (Å²) in [6.45, 7) is 6.11. The Morgan fingerprint density at radius 3 is 2.79 bits per heavy atom. The minimum atomic E-state index is 0.424. The molecule has 0 amide bonds. The Hall–Kier alpha value is -1.45. The second-order valence-corrected chi connectivity index (χ2v) is 5.50. The number of methoxy groups -OCH3 is 1. The van der Waals surface area contributed by atoms with Gasteiger partial charge >= 0.3 is 0 Å². The predicted octanol–water partition coefficient (Wildman–Crippen LogP) is 2.35. The van der Waals surface area contributed by atoms with E-state index in [2.05, 4.69) is 37.2 Å². The fourth-order valence-electron chi connectivity index (χ4n) is 1.71. The Morgan fingerprint density at radius 1 is 1.58 bits per heavy atom. The minimum absolute atomic E-state index is 0.424. The summed E-state index contributed by atoms with van der Waals surface area (Å²) >= 11 is 1.34. The van der Waals surface area contributed by atoms with Crippen LogP contribution in [0, 0.1) is 11.3 Å². The van der Waals surface area contributed by atoms with Gasteiger partial charge in [0.15, 0.2) is 5.75 Å². The first-order valence-electron chi connectivity index (χ1n) is 6.35. The highest BCUT2D eigenvalue weighted by Gasteiger charge is 2.16. The lowest BCUT2D eigenvalue weighted by Gasteiger charge is -2.23. The molecule has 1 heterocycles. The molecular formula is C13H22N4OS. The van der Waals surface area contributed by atoms with Gasteiger partial charge in [0, 0.05) is 19.1 Å². The van der Waals surface area contributed by atoms with Crippen molar-refractivity contribution in [2.45, 2.75) is 26.3 Å². The van der Waals surface area contributed by atoms with Crippen LogP contribution in [0.4, 0.5) is 10.7 Å². The fraction of sp³-hybridized carbons (Fsp3) is 0.615. The first kappa shape index (κ1) is 15.6. The van der Waals surface area contributed by atoms with Crippen LogP contribution in [0.25, 0.3) is 0 Å². The molecule has 0 spiro atoms. The minimum Gasteiger partial charge on any atom is -0.492 e. The normalized spacial score (nSPS) is 12.2. The molecule has 0 aromatic carbocycles. The molecule has 6 heteroatoms. The van der Waals surface area contributed by atoms with Crippen LogP contribution in [-0.4, -0.2) is 38.2 Å². The number of ether oxygens (including phenoxy) is 1. The van der Waals surface area contributed by atoms with E-state index in [1.54, 1.807) is 7.11 Å². The van der Waals surface area contributed by atoms with Crippen molar-refractivity contribution in [1.82, 2.24) is 4.90 Å². The van der Waals surface area contributed by atoms with Crippen molar-refractivity contribution in [3.05, 3.63) is 4.88 Å². The third kappa shape index (κ3) is 3.75. The van der Waals surface area contributed by atoms with Crippen LogP contribution in [0.5, 0.6) is 5.75 Å². The van der Waals surface area contributed by atoms with Crippen molar-refractivity contribution in [3.63, 3.8) is 0 Å². The predicted molar refractivity (Wildman–Crippen MR) is 80.9 cm³/mol. The monoisotopic (exact) mass is 282 g/mol. The topological polar surface area (TPSA) is 74.3 Å². The van der Waals surface area contributed by atoms with Gasteiger partial charge in [0.25, 0.3) is 0 Å². The van der Waals surface area contributed by atoms with Crippen LogP contribution in [0.1, 0.15) is 25.1 Å². The van der Waals surface area contributed by atoms with Crippen molar-refractivity contribution in [3.8, 4) is 11.8 Å². The number of nitrogens with two attached hydrogens (primary N) is 1. The molecule has 5 nitrogen and oxygen atoms in total. The maximum Gasteiger partial charge on any atom is 0.177 e. The number of anilines is 2. The lowest BCUT2D eigenvalue weighted by Crippen LogP contribution is -2.32. The van der Waals surface area contributed by atoms with Gasteiger partial charge in [0.2, 0.25) is 0 Å². The van der Waals surface area contributed by atoms with Gasteiger partial charge in [-0.1, -0.05) is 6.92 Å².